The van der Waals surface area contributed by atoms with Crippen molar-refractivity contribution in [2.45, 2.75) is 19.4 Å². The number of nitrogen functional groups attached to an aromatic ring is 1. The van der Waals surface area contributed by atoms with Gasteiger partial charge in [0.1, 0.15) is 11.3 Å². The molecule has 2 aliphatic heterocycles. The first kappa shape index (κ1) is 26.1. The Morgan fingerprint density at radius 2 is 1.76 bits per heavy atom. The van der Waals surface area contributed by atoms with E-state index >= 15 is 0 Å². The number of nitrogens with two attached hydrogens (primary N) is 1. The smallest absolute Gasteiger partial charge is 0.245 e. The number of fused-ring (bicyclic) bond motifs is 1. The van der Waals surface area contributed by atoms with E-state index in [0.717, 1.165) is 72.8 Å². The van der Waals surface area contributed by atoms with Gasteiger partial charge in [0.05, 0.1) is 11.3 Å². The molecule has 3 aromatic heterocycles. The number of hydrogen-bond acceptors (Lipinski definition) is 6. The largest absolute Gasteiger partial charge is 0.383 e. The number of likely N-dealkylation sites (tertiary alicyclic amines) is 2. The minimum Gasteiger partial charge on any atom is -0.383 e. The molecule has 2 saturated heterocycles. The maximum Gasteiger partial charge on any atom is 0.245 e. The number of rotatable bonds is 6. The Kier molecular flexibility index (Phi) is 6.55. The Morgan fingerprint density at radius 3 is 2.52 bits per heavy atom. The summed E-state index contributed by atoms with van der Waals surface area (Å²) in [4.78, 5) is 30.9. The summed E-state index contributed by atoms with van der Waals surface area (Å²) in [6.07, 6.45) is 5.36. The van der Waals surface area contributed by atoms with E-state index in [-0.39, 0.29) is 11.3 Å². The molecule has 2 aliphatic rings. The van der Waals surface area contributed by atoms with E-state index in [1.165, 1.54) is 18.1 Å². The summed E-state index contributed by atoms with van der Waals surface area (Å²) in [6.45, 7) is 8.24. The molecule has 5 aromatic rings. The van der Waals surface area contributed by atoms with Crippen LogP contribution in [0.3, 0.4) is 0 Å². The molecule has 7 rings (SSSR count). The third kappa shape index (κ3) is 4.73. The Hall–Kier alpha value is -4.82. The van der Waals surface area contributed by atoms with Crippen LogP contribution < -0.4 is 5.73 Å². The van der Waals surface area contributed by atoms with Crippen molar-refractivity contribution in [2.75, 3.05) is 31.9 Å². The van der Waals surface area contributed by atoms with Gasteiger partial charge in [0.15, 0.2) is 11.5 Å². The van der Waals surface area contributed by atoms with Gasteiger partial charge in [-0.3, -0.25) is 14.3 Å². The summed E-state index contributed by atoms with van der Waals surface area (Å²) in [5.41, 5.74) is 13.0. The quantitative estimate of drug-likeness (QED) is 0.284. The van der Waals surface area contributed by atoms with E-state index in [9.17, 15) is 4.79 Å². The fourth-order valence-electron chi connectivity index (χ4n) is 6.56. The SMILES string of the molecule is C=CC(=O)N1CCCC2(CN(Cc3ccc(-n4c(-c5cccnc5N)nc5ccc(-c6ccccc6)nc54)cc3)C2)C1. The number of amides is 1. The lowest BCUT2D eigenvalue weighted by atomic mass is 9.73. The second-order valence-corrected chi connectivity index (χ2v) is 11.5. The van der Waals surface area contributed by atoms with Crippen molar-refractivity contribution in [3.8, 4) is 28.3 Å². The first-order chi connectivity index (χ1) is 20.5. The van der Waals surface area contributed by atoms with E-state index in [1.807, 2.05) is 47.4 Å². The fraction of sp³-hybridized carbons (Fsp3) is 0.235. The third-order valence-electron chi connectivity index (χ3n) is 8.52. The highest BCUT2D eigenvalue weighted by atomic mass is 16.2. The molecular formula is C34H33N7O. The van der Waals surface area contributed by atoms with Gasteiger partial charge >= 0.3 is 0 Å². The highest BCUT2D eigenvalue weighted by Crippen LogP contribution is 2.40. The van der Waals surface area contributed by atoms with Crippen molar-refractivity contribution in [2.24, 2.45) is 5.41 Å². The van der Waals surface area contributed by atoms with Crippen LogP contribution in [0, 0.1) is 5.41 Å². The number of benzene rings is 2. The average Bonchev–Trinajstić information content (AvgIpc) is 3.39. The van der Waals surface area contributed by atoms with E-state index in [0.29, 0.717) is 11.6 Å². The summed E-state index contributed by atoms with van der Waals surface area (Å²) >= 11 is 0. The van der Waals surface area contributed by atoms with Crippen LogP contribution in [0.25, 0.3) is 39.5 Å². The summed E-state index contributed by atoms with van der Waals surface area (Å²) < 4.78 is 2.07. The summed E-state index contributed by atoms with van der Waals surface area (Å²) in [5, 5.41) is 0. The fourth-order valence-corrected chi connectivity index (χ4v) is 6.56. The van der Waals surface area contributed by atoms with E-state index in [4.69, 9.17) is 15.7 Å². The number of anilines is 1. The van der Waals surface area contributed by atoms with Crippen LogP contribution in [0.5, 0.6) is 0 Å². The van der Waals surface area contributed by atoms with E-state index in [1.54, 1.807) is 6.20 Å². The van der Waals surface area contributed by atoms with Crippen LogP contribution in [0.2, 0.25) is 0 Å². The maximum atomic E-state index is 12.2. The van der Waals surface area contributed by atoms with Gasteiger partial charge in [0.2, 0.25) is 5.91 Å². The van der Waals surface area contributed by atoms with Gasteiger partial charge in [-0.2, -0.15) is 0 Å². The van der Waals surface area contributed by atoms with Gasteiger partial charge in [0.25, 0.3) is 0 Å². The molecule has 42 heavy (non-hydrogen) atoms. The van der Waals surface area contributed by atoms with Crippen molar-refractivity contribution >= 4 is 22.9 Å². The Morgan fingerprint density at radius 1 is 0.952 bits per heavy atom. The first-order valence-corrected chi connectivity index (χ1v) is 14.4. The minimum absolute atomic E-state index is 0.0490. The standard InChI is InChI=1S/C34H33N7O/c1-2-30(42)40-19-7-17-34(23-40)21-39(22-34)20-24-11-13-26(14-12-24)41-32(27-10-6-18-36-31(27)35)38-29-16-15-28(37-33(29)41)25-8-4-3-5-9-25/h2-6,8-16,18H,1,7,17,19-23H2,(H2,35,36). The molecule has 2 aromatic carbocycles. The normalized spacial score (nSPS) is 16.4. The lowest BCUT2D eigenvalue weighted by molar-refractivity contribution is -0.134. The molecule has 2 fully saturated rings. The molecule has 8 heteroatoms. The van der Waals surface area contributed by atoms with Crippen LogP contribution in [0.1, 0.15) is 18.4 Å². The number of aromatic nitrogens is 4. The molecule has 1 amide bonds. The third-order valence-corrected chi connectivity index (χ3v) is 8.52. The van der Waals surface area contributed by atoms with Crippen molar-refractivity contribution < 1.29 is 4.79 Å². The van der Waals surface area contributed by atoms with Crippen molar-refractivity contribution in [3.63, 3.8) is 0 Å². The molecule has 0 unspecified atom stereocenters. The molecule has 0 saturated carbocycles. The van der Waals surface area contributed by atoms with E-state index < -0.39 is 0 Å². The van der Waals surface area contributed by atoms with Crippen molar-refractivity contribution in [3.05, 3.63) is 103 Å². The highest BCUT2D eigenvalue weighted by molar-refractivity contribution is 5.87. The van der Waals surface area contributed by atoms with Gasteiger partial charge in [-0.05, 0) is 60.9 Å². The lowest BCUT2D eigenvalue weighted by Crippen LogP contribution is -2.62. The molecule has 0 aliphatic carbocycles. The van der Waals surface area contributed by atoms with E-state index in [2.05, 4.69) is 57.4 Å². The topological polar surface area (TPSA) is 93.2 Å². The highest BCUT2D eigenvalue weighted by Gasteiger charge is 2.45. The van der Waals surface area contributed by atoms with Crippen LogP contribution in [-0.2, 0) is 11.3 Å². The van der Waals surface area contributed by atoms with Gasteiger partial charge in [0, 0.05) is 55.6 Å². The number of hydrogen-bond donors (Lipinski definition) is 1. The summed E-state index contributed by atoms with van der Waals surface area (Å²) in [5.74, 6) is 1.19. The molecule has 5 heterocycles. The van der Waals surface area contributed by atoms with Gasteiger partial charge in [-0.25, -0.2) is 15.0 Å². The average molecular weight is 556 g/mol. The minimum atomic E-state index is 0.0490. The van der Waals surface area contributed by atoms with Crippen LogP contribution in [0.15, 0.2) is 97.7 Å². The lowest BCUT2D eigenvalue weighted by Gasteiger charge is -2.54. The summed E-state index contributed by atoms with van der Waals surface area (Å²) in [7, 11) is 0. The molecule has 8 nitrogen and oxygen atoms in total. The number of imidazole rings is 1. The predicted molar refractivity (Wildman–Crippen MR) is 166 cm³/mol. The zero-order chi connectivity index (χ0) is 28.7. The second-order valence-electron chi connectivity index (χ2n) is 11.5. The summed E-state index contributed by atoms with van der Waals surface area (Å²) in [6, 6.07) is 26.6. The Balaban J connectivity index is 1.18. The number of carbonyl (C=O) groups is 1. The van der Waals surface area contributed by atoms with Crippen LogP contribution in [-0.4, -0.2) is 61.4 Å². The number of carbonyl (C=O) groups excluding carboxylic acids is 1. The number of pyridine rings is 2. The van der Waals surface area contributed by atoms with Crippen LogP contribution in [0.4, 0.5) is 5.82 Å². The second kappa shape index (κ2) is 10.5. The zero-order valence-corrected chi connectivity index (χ0v) is 23.5. The molecule has 2 N–H and O–H groups in total. The number of piperidine rings is 1. The van der Waals surface area contributed by atoms with Gasteiger partial charge < -0.3 is 10.6 Å². The number of nitrogens with zero attached hydrogens (tertiary/aromatic N) is 6. The molecule has 0 radical (unpaired) electrons. The zero-order valence-electron chi connectivity index (χ0n) is 23.5. The molecular weight excluding hydrogens is 522 g/mol. The van der Waals surface area contributed by atoms with Crippen molar-refractivity contribution in [1.29, 1.82) is 0 Å². The molecule has 210 valence electrons. The van der Waals surface area contributed by atoms with Gasteiger partial charge in [-0.15, -0.1) is 0 Å². The monoisotopic (exact) mass is 555 g/mol. The Bertz CT molecular complexity index is 1770. The molecule has 0 atom stereocenters. The van der Waals surface area contributed by atoms with Crippen LogP contribution >= 0.6 is 0 Å². The van der Waals surface area contributed by atoms with Crippen molar-refractivity contribution in [1.82, 2.24) is 29.3 Å². The molecule has 0 bridgehead atoms. The van der Waals surface area contributed by atoms with Gasteiger partial charge in [-0.1, -0.05) is 49.0 Å². The first-order valence-electron chi connectivity index (χ1n) is 14.4. The Labute approximate surface area is 245 Å². The maximum absolute atomic E-state index is 12.2. The molecule has 1 spiro atoms. The predicted octanol–water partition coefficient (Wildman–Crippen LogP) is 5.34.